The molecule has 0 radical (unpaired) electrons. The van der Waals surface area contributed by atoms with E-state index in [1.54, 1.807) is 6.20 Å². The van der Waals surface area contributed by atoms with Crippen molar-refractivity contribution in [3.63, 3.8) is 0 Å². The first-order valence-electron chi connectivity index (χ1n) is 5.45. The van der Waals surface area contributed by atoms with Crippen LogP contribution in [0.25, 0.3) is 0 Å². The summed E-state index contributed by atoms with van der Waals surface area (Å²) in [7, 11) is 0. The zero-order valence-electron chi connectivity index (χ0n) is 10.1. The zero-order valence-corrected chi connectivity index (χ0v) is 11.7. The molecule has 88 valence electrons. The molecular weight excluding hydrogens is 278 g/mol. The molecule has 0 atom stereocenters. The van der Waals surface area contributed by atoms with Crippen LogP contribution in [0.5, 0.6) is 11.6 Å². The Morgan fingerprint density at radius 2 is 1.76 bits per heavy atom. The summed E-state index contributed by atoms with van der Waals surface area (Å²) in [5.41, 5.74) is 3.49. The van der Waals surface area contributed by atoms with Crippen LogP contribution in [0.1, 0.15) is 16.7 Å². The lowest BCUT2D eigenvalue weighted by Crippen LogP contribution is -1.95. The first-order valence-corrected chi connectivity index (χ1v) is 6.24. The van der Waals surface area contributed by atoms with E-state index >= 15 is 0 Å². The van der Waals surface area contributed by atoms with E-state index in [2.05, 4.69) is 46.9 Å². The van der Waals surface area contributed by atoms with Gasteiger partial charge in [-0.15, -0.1) is 0 Å². The smallest absolute Gasteiger partial charge is 0.233 e. The summed E-state index contributed by atoms with van der Waals surface area (Å²) in [6.45, 7) is 6.18. The molecule has 0 N–H and O–H groups in total. The molecular formula is C14H14BrNO. The van der Waals surface area contributed by atoms with Gasteiger partial charge < -0.3 is 4.74 Å². The molecule has 0 saturated heterocycles. The number of aromatic nitrogens is 1. The summed E-state index contributed by atoms with van der Waals surface area (Å²) >= 11 is 3.43. The third-order valence-electron chi connectivity index (χ3n) is 2.80. The Balaban J connectivity index is 2.43. The second-order valence-electron chi connectivity index (χ2n) is 4.05. The Morgan fingerprint density at radius 3 is 2.47 bits per heavy atom. The maximum Gasteiger partial charge on any atom is 0.233 e. The monoisotopic (exact) mass is 291 g/mol. The molecule has 1 heterocycles. The SMILES string of the molecule is Cc1ccc(C)c(Oc2ncccc2Br)c1C. The lowest BCUT2D eigenvalue weighted by atomic mass is 10.1. The largest absolute Gasteiger partial charge is 0.437 e. The van der Waals surface area contributed by atoms with E-state index < -0.39 is 0 Å². The van der Waals surface area contributed by atoms with E-state index in [-0.39, 0.29) is 0 Å². The first kappa shape index (κ1) is 12.1. The number of ether oxygens (including phenoxy) is 1. The molecule has 2 rings (SSSR count). The average Bonchev–Trinajstić information content (AvgIpc) is 2.32. The van der Waals surface area contributed by atoms with Gasteiger partial charge in [0.1, 0.15) is 5.75 Å². The van der Waals surface area contributed by atoms with E-state index in [0.29, 0.717) is 5.88 Å². The third-order valence-corrected chi connectivity index (χ3v) is 3.40. The van der Waals surface area contributed by atoms with E-state index in [1.165, 1.54) is 5.56 Å². The molecule has 0 aliphatic carbocycles. The van der Waals surface area contributed by atoms with Crippen LogP contribution >= 0.6 is 15.9 Å². The highest BCUT2D eigenvalue weighted by atomic mass is 79.9. The molecule has 2 nitrogen and oxygen atoms in total. The highest BCUT2D eigenvalue weighted by Gasteiger charge is 2.10. The second kappa shape index (κ2) is 4.88. The van der Waals surface area contributed by atoms with Gasteiger partial charge in [-0.25, -0.2) is 4.98 Å². The van der Waals surface area contributed by atoms with E-state index in [4.69, 9.17) is 4.74 Å². The van der Waals surface area contributed by atoms with Gasteiger partial charge in [0, 0.05) is 6.20 Å². The van der Waals surface area contributed by atoms with Gasteiger partial charge in [-0.3, -0.25) is 0 Å². The Labute approximate surface area is 110 Å². The van der Waals surface area contributed by atoms with Crippen molar-refractivity contribution in [2.75, 3.05) is 0 Å². The van der Waals surface area contributed by atoms with Crippen molar-refractivity contribution in [3.05, 3.63) is 51.6 Å². The molecule has 0 bridgehead atoms. The summed E-state index contributed by atoms with van der Waals surface area (Å²) in [6, 6.07) is 7.95. The fraction of sp³-hybridized carbons (Fsp3) is 0.214. The van der Waals surface area contributed by atoms with Crippen LogP contribution in [0.2, 0.25) is 0 Å². The van der Waals surface area contributed by atoms with Gasteiger partial charge in [0.15, 0.2) is 0 Å². The van der Waals surface area contributed by atoms with Gasteiger partial charge in [-0.2, -0.15) is 0 Å². The molecule has 17 heavy (non-hydrogen) atoms. The van der Waals surface area contributed by atoms with Crippen LogP contribution in [-0.4, -0.2) is 4.98 Å². The molecule has 0 fully saturated rings. The van der Waals surface area contributed by atoms with Crippen molar-refractivity contribution in [1.82, 2.24) is 4.98 Å². The summed E-state index contributed by atoms with van der Waals surface area (Å²) in [6.07, 6.45) is 1.72. The Bertz CT molecular complexity index is 552. The number of rotatable bonds is 2. The van der Waals surface area contributed by atoms with Crippen molar-refractivity contribution in [1.29, 1.82) is 0 Å². The number of benzene rings is 1. The number of hydrogen-bond donors (Lipinski definition) is 0. The van der Waals surface area contributed by atoms with Gasteiger partial charge in [0.2, 0.25) is 5.88 Å². The number of halogens is 1. The lowest BCUT2D eigenvalue weighted by molar-refractivity contribution is 0.452. The molecule has 1 aromatic carbocycles. The number of aryl methyl sites for hydroxylation is 2. The first-order chi connectivity index (χ1) is 8.09. The molecule has 2 aromatic rings. The van der Waals surface area contributed by atoms with Crippen LogP contribution in [0.3, 0.4) is 0 Å². The maximum absolute atomic E-state index is 5.89. The van der Waals surface area contributed by atoms with Crippen molar-refractivity contribution < 1.29 is 4.74 Å². The molecule has 1 aromatic heterocycles. The maximum atomic E-state index is 5.89. The minimum atomic E-state index is 0.601. The molecule has 0 amide bonds. The predicted molar refractivity (Wildman–Crippen MR) is 72.7 cm³/mol. The fourth-order valence-corrected chi connectivity index (χ4v) is 1.96. The molecule has 0 aliphatic heterocycles. The van der Waals surface area contributed by atoms with Gasteiger partial charge in [0.05, 0.1) is 4.47 Å². The Kier molecular flexibility index (Phi) is 3.48. The van der Waals surface area contributed by atoms with E-state index in [1.807, 2.05) is 19.1 Å². The summed E-state index contributed by atoms with van der Waals surface area (Å²) in [5, 5.41) is 0. The molecule has 0 saturated carbocycles. The number of nitrogens with zero attached hydrogens (tertiary/aromatic N) is 1. The fourth-order valence-electron chi connectivity index (χ4n) is 1.63. The minimum Gasteiger partial charge on any atom is -0.437 e. The Morgan fingerprint density at radius 1 is 1.06 bits per heavy atom. The van der Waals surface area contributed by atoms with Crippen LogP contribution in [0.4, 0.5) is 0 Å². The van der Waals surface area contributed by atoms with Gasteiger partial charge in [-0.1, -0.05) is 12.1 Å². The van der Waals surface area contributed by atoms with Gasteiger partial charge >= 0.3 is 0 Å². The number of hydrogen-bond acceptors (Lipinski definition) is 2. The highest BCUT2D eigenvalue weighted by molar-refractivity contribution is 9.10. The molecule has 3 heteroatoms. The third kappa shape index (κ3) is 2.50. The van der Waals surface area contributed by atoms with Gasteiger partial charge in [-0.05, 0) is 65.5 Å². The van der Waals surface area contributed by atoms with Crippen molar-refractivity contribution >= 4 is 15.9 Å². The highest BCUT2D eigenvalue weighted by Crippen LogP contribution is 2.32. The minimum absolute atomic E-state index is 0.601. The van der Waals surface area contributed by atoms with Gasteiger partial charge in [0.25, 0.3) is 0 Å². The van der Waals surface area contributed by atoms with E-state index in [9.17, 15) is 0 Å². The summed E-state index contributed by atoms with van der Waals surface area (Å²) in [5.74, 6) is 1.49. The van der Waals surface area contributed by atoms with Crippen LogP contribution in [0, 0.1) is 20.8 Å². The topological polar surface area (TPSA) is 22.1 Å². The average molecular weight is 292 g/mol. The quantitative estimate of drug-likeness (QED) is 0.809. The lowest BCUT2D eigenvalue weighted by Gasteiger charge is -2.13. The van der Waals surface area contributed by atoms with Crippen molar-refractivity contribution in [3.8, 4) is 11.6 Å². The van der Waals surface area contributed by atoms with Crippen LogP contribution < -0.4 is 4.74 Å². The molecule has 0 aliphatic rings. The normalized spacial score (nSPS) is 10.4. The van der Waals surface area contributed by atoms with Crippen LogP contribution in [0.15, 0.2) is 34.9 Å². The van der Waals surface area contributed by atoms with Crippen molar-refractivity contribution in [2.45, 2.75) is 20.8 Å². The predicted octanol–water partition coefficient (Wildman–Crippen LogP) is 4.56. The summed E-state index contributed by atoms with van der Waals surface area (Å²) < 4.78 is 6.75. The zero-order chi connectivity index (χ0) is 12.4. The molecule has 0 unspecified atom stereocenters. The number of pyridine rings is 1. The standard InChI is InChI=1S/C14H14BrNO/c1-9-6-7-10(2)13(11(9)3)17-14-12(15)5-4-8-16-14/h4-8H,1-3H3. The second-order valence-corrected chi connectivity index (χ2v) is 4.90. The van der Waals surface area contributed by atoms with E-state index in [0.717, 1.165) is 21.3 Å². The molecule has 0 spiro atoms. The van der Waals surface area contributed by atoms with Crippen LogP contribution in [-0.2, 0) is 0 Å². The summed E-state index contributed by atoms with van der Waals surface area (Å²) in [4.78, 5) is 4.22. The Hall–Kier alpha value is -1.35. The van der Waals surface area contributed by atoms with Crippen molar-refractivity contribution in [2.24, 2.45) is 0 Å².